The van der Waals surface area contributed by atoms with Crippen LogP contribution in [0.1, 0.15) is 49.2 Å². The van der Waals surface area contributed by atoms with Crippen LogP contribution in [0.4, 0.5) is 0 Å². The average molecular weight is 425 g/mol. The second-order valence-corrected chi connectivity index (χ2v) is 8.35. The Balaban J connectivity index is 2.14. The van der Waals surface area contributed by atoms with Gasteiger partial charge < -0.3 is 9.72 Å². The van der Waals surface area contributed by atoms with E-state index in [2.05, 4.69) is 39.9 Å². The fourth-order valence-corrected chi connectivity index (χ4v) is 4.24. The summed E-state index contributed by atoms with van der Waals surface area (Å²) in [6, 6.07) is 3.97. The second-order valence-electron chi connectivity index (χ2n) is 5.85. The Labute approximate surface area is 158 Å². The van der Waals surface area contributed by atoms with E-state index in [0.29, 0.717) is 29.2 Å². The monoisotopic (exact) mass is 424 g/mol. The molecule has 3 heterocycles. The molecule has 0 spiro atoms. The molecule has 1 atom stereocenters. The molecule has 3 aromatic rings. The summed E-state index contributed by atoms with van der Waals surface area (Å²) in [5.41, 5.74) is 1.16. The van der Waals surface area contributed by atoms with Crippen LogP contribution >= 0.6 is 27.3 Å². The van der Waals surface area contributed by atoms with Crippen LogP contribution in [0, 0.1) is 6.92 Å². The van der Waals surface area contributed by atoms with Crippen LogP contribution < -0.4 is 5.56 Å². The highest BCUT2D eigenvalue weighted by molar-refractivity contribution is 9.11. The first-order valence-corrected chi connectivity index (χ1v) is 10.00. The third kappa shape index (κ3) is 3.70. The van der Waals surface area contributed by atoms with Gasteiger partial charge in [0.15, 0.2) is 5.65 Å². The number of thiophene rings is 1. The Morgan fingerprint density at radius 3 is 2.80 bits per heavy atom. The number of nitrogens with zero attached hydrogens (tertiary/aromatic N) is 3. The molecule has 0 bridgehead atoms. The zero-order chi connectivity index (χ0) is 18.0. The number of aryl methyl sites for hydroxylation is 2. The van der Waals surface area contributed by atoms with Crippen LogP contribution in [0.3, 0.4) is 0 Å². The van der Waals surface area contributed by atoms with Crippen molar-refractivity contribution in [2.24, 2.45) is 0 Å². The molecule has 134 valence electrons. The van der Waals surface area contributed by atoms with Gasteiger partial charge in [-0.3, -0.25) is 4.79 Å². The lowest BCUT2D eigenvalue weighted by Crippen LogP contribution is -2.18. The zero-order valence-corrected chi connectivity index (χ0v) is 16.9. The van der Waals surface area contributed by atoms with E-state index in [0.717, 1.165) is 28.0 Å². The van der Waals surface area contributed by atoms with Crippen molar-refractivity contribution in [2.45, 2.75) is 46.3 Å². The summed E-state index contributed by atoms with van der Waals surface area (Å²) in [6.07, 6.45) is 1.43. The van der Waals surface area contributed by atoms with Crippen molar-refractivity contribution in [3.63, 3.8) is 0 Å². The Morgan fingerprint density at radius 1 is 1.36 bits per heavy atom. The van der Waals surface area contributed by atoms with Crippen LogP contribution in [0.2, 0.25) is 0 Å². The van der Waals surface area contributed by atoms with Gasteiger partial charge >= 0.3 is 0 Å². The van der Waals surface area contributed by atoms with Crippen LogP contribution in [0.25, 0.3) is 11.0 Å². The van der Waals surface area contributed by atoms with E-state index in [4.69, 9.17) is 9.72 Å². The number of aromatic amines is 1. The molecular weight excluding hydrogens is 404 g/mol. The quantitative estimate of drug-likeness (QED) is 0.617. The fourth-order valence-electron chi connectivity index (χ4n) is 2.76. The van der Waals surface area contributed by atoms with E-state index in [1.165, 1.54) is 0 Å². The Kier molecular flexibility index (Phi) is 5.71. The summed E-state index contributed by atoms with van der Waals surface area (Å²) >= 11 is 5.07. The van der Waals surface area contributed by atoms with Gasteiger partial charge in [0.1, 0.15) is 17.3 Å². The summed E-state index contributed by atoms with van der Waals surface area (Å²) < 4.78 is 8.84. The molecule has 1 unspecified atom stereocenters. The van der Waals surface area contributed by atoms with Gasteiger partial charge in [-0.2, -0.15) is 5.10 Å². The molecule has 3 aromatic heterocycles. The molecule has 0 aliphatic rings. The third-order valence-corrected chi connectivity index (χ3v) is 5.49. The number of nitrogens with one attached hydrogen (secondary N) is 1. The van der Waals surface area contributed by atoms with Gasteiger partial charge in [-0.25, -0.2) is 9.67 Å². The van der Waals surface area contributed by atoms with E-state index in [-0.39, 0.29) is 5.56 Å². The summed E-state index contributed by atoms with van der Waals surface area (Å²) in [6.45, 7) is 7.29. The predicted molar refractivity (Wildman–Crippen MR) is 103 cm³/mol. The SMILES string of the molecule is CCCOC(c1nc2c(c(C)nn2CCC)c(=O)[nH]1)c1ccc(Br)s1. The van der Waals surface area contributed by atoms with Crippen molar-refractivity contribution in [2.75, 3.05) is 6.61 Å². The van der Waals surface area contributed by atoms with E-state index < -0.39 is 6.10 Å². The van der Waals surface area contributed by atoms with Crippen molar-refractivity contribution in [1.82, 2.24) is 19.7 Å². The first-order chi connectivity index (χ1) is 12.0. The molecule has 0 aliphatic heterocycles. The molecule has 0 amide bonds. The van der Waals surface area contributed by atoms with Crippen LogP contribution in [-0.4, -0.2) is 26.4 Å². The van der Waals surface area contributed by atoms with Gasteiger partial charge in [0.2, 0.25) is 0 Å². The Morgan fingerprint density at radius 2 is 2.16 bits per heavy atom. The van der Waals surface area contributed by atoms with E-state index in [1.807, 2.05) is 23.7 Å². The summed E-state index contributed by atoms with van der Waals surface area (Å²) in [5, 5.41) is 5.02. The molecule has 25 heavy (non-hydrogen) atoms. The van der Waals surface area contributed by atoms with Crippen molar-refractivity contribution < 1.29 is 4.74 Å². The lowest BCUT2D eigenvalue weighted by Gasteiger charge is -2.15. The maximum Gasteiger partial charge on any atom is 0.262 e. The third-order valence-electron chi connectivity index (χ3n) is 3.82. The molecule has 8 heteroatoms. The number of hydrogen-bond acceptors (Lipinski definition) is 5. The molecule has 0 aliphatic carbocycles. The van der Waals surface area contributed by atoms with Crippen LogP contribution in [0.15, 0.2) is 20.7 Å². The van der Waals surface area contributed by atoms with E-state index in [1.54, 1.807) is 11.3 Å². The van der Waals surface area contributed by atoms with Gasteiger partial charge in [-0.15, -0.1) is 11.3 Å². The largest absolute Gasteiger partial charge is 0.365 e. The predicted octanol–water partition coefficient (Wildman–Crippen LogP) is 4.18. The van der Waals surface area contributed by atoms with Crippen molar-refractivity contribution in [1.29, 1.82) is 0 Å². The minimum atomic E-state index is -0.390. The molecule has 0 radical (unpaired) electrons. The number of ether oxygens (including phenoxy) is 1. The van der Waals surface area contributed by atoms with Crippen LogP contribution in [-0.2, 0) is 11.3 Å². The molecule has 6 nitrogen and oxygen atoms in total. The van der Waals surface area contributed by atoms with Crippen molar-refractivity contribution in [3.8, 4) is 0 Å². The minimum absolute atomic E-state index is 0.166. The molecular formula is C17H21BrN4O2S. The standard InChI is InChI=1S/C17H21BrN4O2S/c1-4-8-22-16-13(10(3)21-22)17(23)20-15(19-16)14(24-9-5-2)11-6-7-12(18)25-11/h6-7,14H,4-5,8-9H2,1-3H3,(H,19,20,23). The van der Waals surface area contributed by atoms with Gasteiger partial charge in [0.25, 0.3) is 5.56 Å². The molecule has 0 aromatic carbocycles. The summed E-state index contributed by atoms with van der Waals surface area (Å²) in [5.74, 6) is 0.526. The lowest BCUT2D eigenvalue weighted by atomic mass is 10.2. The number of halogens is 1. The molecule has 3 rings (SSSR count). The highest BCUT2D eigenvalue weighted by atomic mass is 79.9. The summed E-state index contributed by atoms with van der Waals surface area (Å²) in [4.78, 5) is 21.3. The smallest absolute Gasteiger partial charge is 0.262 e. The molecule has 0 fully saturated rings. The summed E-state index contributed by atoms with van der Waals surface area (Å²) in [7, 11) is 0. The van der Waals surface area contributed by atoms with Crippen molar-refractivity contribution in [3.05, 3.63) is 42.7 Å². The number of aromatic nitrogens is 4. The van der Waals surface area contributed by atoms with Crippen LogP contribution in [0.5, 0.6) is 0 Å². The maximum atomic E-state index is 12.6. The first-order valence-electron chi connectivity index (χ1n) is 8.39. The lowest BCUT2D eigenvalue weighted by molar-refractivity contribution is 0.0771. The fraction of sp³-hybridized carbons (Fsp3) is 0.471. The van der Waals surface area contributed by atoms with E-state index >= 15 is 0 Å². The minimum Gasteiger partial charge on any atom is -0.365 e. The Hall–Kier alpha value is -1.51. The second kappa shape index (κ2) is 7.80. The molecule has 0 saturated carbocycles. The van der Waals surface area contributed by atoms with E-state index in [9.17, 15) is 4.79 Å². The van der Waals surface area contributed by atoms with Gasteiger partial charge in [0.05, 0.1) is 9.48 Å². The average Bonchev–Trinajstić information content (AvgIpc) is 3.13. The van der Waals surface area contributed by atoms with Gasteiger partial charge in [-0.05, 0) is 47.8 Å². The molecule has 0 saturated heterocycles. The number of fused-ring (bicyclic) bond motifs is 1. The number of H-pyrrole nitrogens is 1. The van der Waals surface area contributed by atoms with Gasteiger partial charge in [-0.1, -0.05) is 13.8 Å². The Bertz CT molecular complexity index is 931. The van der Waals surface area contributed by atoms with Gasteiger partial charge in [0, 0.05) is 18.0 Å². The normalized spacial score (nSPS) is 12.8. The highest BCUT2D eigenvalue weighted by Crippen LogP contribution is 2.32. The topological polar surface area (TPSA) is 72.8 Å². The van der Waals surface area contributed by atoms with Crippen molar-refractivity contribution >= 4 is 38.3 Å². The number of hydrogen-bond donors (Lipinski definition) is 1. The first kappa shape index (κ1) is 18.3. The zero-order valence-electron chi connectivity index (χ0n) is 14.5. The highest BCUT2D eigenvalue weighted by Gasteiger charge is 2.22. The maximum absolute atomic E-state index is 12.6. The molecule has 1 N–H and O–H groups in total. The number of rotatable bonds is 7.